The number of fused-ring (bicyclic) bond motifs is 15. The predicted molar refractivity (Wildman–Crippen MR) is 320 cm³/mol. The number of aromatic carboxylic acids is 1. The number of carbonyl (C=O) groups excluding carboxylic acids is 3. The molecular weight excluding hydrogens is 1140 g/mol. The number of hydrogen-bond acceptors (Lipinski definition) is 18. The van der Waals surface area contributed by atoms with Crippen LogP contribution in [0.25, 0.3) is 21.7 Å². The van der Waals surface area contributed by atoms with Crippen LogP contribution < -0.4 is 25.7 Å². The summed E-state index contributed by atoms with van der Waals surface area (Å²) in [5.74, 6) is -10.8. The monoisotopic (exact) mass is 1210 g/mol. The van der Waals surface area contributed by atoms with E-state index in [2.05, 4.69) is 10.6 Å². The van der Waals surface area contributed by atoms with Gasteiger partial charge in [0.15, 0.2) is 5.75 Å². The molecule has 0 spiro atoms. The summed E-state index contributed by atoms with van der Waals surface area (Å²) in [5.41, 5.74) is -1.48. The highest BCUT2D eigenvalue weighted by atomic mass is 35.5. The number of aliphatic hydroxyl groups excluding tert-OH is 2. The van der Waals surface area contributed by atoms with Gasteiger partial charge < -0.3 is 69.7 Å². The number of allylic oxidation sites excluding steroid dienone is 2. The fraction of sp³-hybridized carbons (Fsp3) is 0.524. The van der Waals surface area contributed by atoms with Crippen LogP contribution >= 0.6 is 11.6 Å². The number of nitrogens with zero attached hydrogens (tertiary/aromatic N) is 4. The molecule has 2 saturated heterocycles. The first-order valence-corrected chi connectivity index (χ1v) is 29.8. The molecule has 3 aromatic carbocycles. The average Bonchev–Trinajstić information content (AvgIpc) is 1.54. The third-order valence-electron chi connectivity index (χ3n) is 18.8. The Morgan fingerprint density at radius 3 is 2.27 bits per heavy atom. The second-order valence-corrected chi connectivity index (χ2v) is 24.9. The van der Waals surface area contributed by atoms with Crippen LogP contribution in [0.1, 0.15) is 131 Å². The number of hydrogen-bond donors (Lipinski definition) is 8. The molecule has 1 amide bonds. The molecule has 4 aromatic rings. The fourth-order valence-corrected chi connectivity index (χ4v) is 13.7. The van der Waals surface area contributed by atoms with Crippen molar-refractivity contribution >= 4 is 74.5 Å². The standard InChI is InChI=1S/C63H76ClFN6O15/c1-29-11-10-12-30(2)60(80)67-48-40(26-66-70-22-16-37(17-23-70)68-63(19-20-63)36-15-21-69(27-36)50-42(65)25-39-49(47(50)64)71(38-13-14-38)28-41(54(39)76)61(81)82)55(77)44-45(56(48)78)53(75)34(6)58-46(44)59(79)62(8,86-58)84-24-18-43(83-9)31(3)57(85-35(7)72)33(5)52(74)32(4)51(29)73/h10-12,18,24-26,28-29,31-33,36-38,43,51-52,57,68,73-75,77-78H,13-17,19-23,27H2,1-9H3,(H,67,80)(H,81,82)/b11-10+,24-18+,30-12-,66-26+/t29-,31+,32+,33+,36?,43-,51-,52+,57+,62-/m0/s1. The van der Waals surface area contributed by atoms with Gasteiger partial charge in [-0.1, -0.05) is 57.5 Å². The van der Waals surface area contributed by atoms with Crippen molar-refractivity contribution in [3.8, 4) is 23.0 Å². The minimum atomic E-state index is -2.11. The number of rotatable bonds is 10. The number of anilines is 2. The number of ketones is 1. The Kier molecular flexibility index (Phi) is 17.1. The Morgan fingerprint density at radius 2 is 1.63 bits per heavy atom. The number of aromatic nitrogens is 1. The highest BCUT2D eigenvalue weighted by Gasteiger charge is 2.53. The lowest BCUT2D eigenvalue weighted by Crippen LogP contribution is -2.49. The van der Waals surface area contributed by atoms with E-state index in [1.165, 1.54) is 65.6 Å². The largest absolute Gasteiger partial charge is 0.507 e. The van der Waals surface area contributed by atoms with Gasteiger partial charge in [-0.05, 0) is 76.9 Å². The van der Waals surface area contributed by atoms with Gasteiger partial charge in [-0.2, -0.15) is 5.10 Å². The van der Waals surface area contributed by atoms with Crippen LogP contribution in [0.2, 0.25) is 5.02 Å². The smallest absolute Gasteiger partial charge is 0.341 e. The van der Waals surface area contributed by atoms with Gasteiger partial charge in [-0.15, -0.1) is 0 Å². The zero-order valence-electron chi connectivity index (χ0n) is 49.7. The quantitative estimate of drug-likeness (QED) is 0.0320. The normalized spacial score (nSPS) is 29.7. The van der Waals surface area contributed by atoms with Crippen LogP contribution in [0.5, 0.6) is 23.0 Å². The number of piperidine rings is 1. The summed E-state index contributed by atoms with van der Waals surface area (Å²) < 4.78 is 41.7. The number of carboxylic acid groups (broad SMARTS) is 1. The number of phenolic OH excluding ortho intramolecular Hbond substituents is 3. The van der Waals surface area contributed by atoms with Crippen molar-refractivity contribution in [1.82, 2.24) is 14.9 Å². The van der Waals surface area contributed by atoms with Crippen LogP contribution in [0.3, 0.4) is 0 Å². The molecule has 2 aliphatic carbocycles. The minimum absolute atomic E-state index is 0.0150. The number of carbonyl (C=O) groups is 4. The molecule has 6 heterocycles. The van der Waals surface area contributed by atoms with Gasteiger partial charge in [-0.3, -0.25) is 24.2 Å². The maximum Gasteiger partial charge on any atom is 0.341 e. The Morgan fingerprint density at radius 1 is 0.930 bits per heavy atom. The number of pyridine rings is 1. The fourth-order valence-electron chi connectivity index (χ4n) is 13.3. The molecule has 1 aromatic heterocycles. The number of carboxylic acids is 1. The molecule has 86 heavy (non-hydrogen) atoms. The van der Waals surface area contributed by atoms with Crippen LogP contribution in [0, 0.1) is 42.3 Å². The molecule has 23 heteroatoms. The Balaban J connectivity index is 0.922. The van der Waals surface area contributed by atoms with Gasteiger partial charge in [0, 0.05) is 111 Å². The van der Waals surface area contributed by atoms with Gasteiger partial charge in [0.2, 0.25) is 5.43 Å². The molecule has 8 N–H and O–H groups in total. The average molecular weight is 1210 g/mol. The zero-order chi connectivity index (χ0) is 62.2. The molecule has 4 fully saturated rings. The van der Waals surface area contributed by atoms with Crippen LogP contribution in [0.15, 0.2) is 58.3 Å². The second-order valence-electron chi connectivity index (χ2n) is 24.6. The first-order chi connectivity index (χ1) is 40.7. The first-order valence-electron chi connectivity index (χ1n) is 29.4. The van der Waals surface area contributed by atoms with Crippen molar-refractivity contribution in [3.05, 3.63) is 91.7 Å². The Labute approximate surface area is 501 Å². The second kappa shape index (κ2) is 23.8. The summed E-state index contributed by atoms with van der Waals surface area (Å²) >= 11 is 7.02. The highest BCUT2D eigenvalue weighted by Crippen LogP contribution is 2.56. The zero-order valence-corrected chi connectivity index (χ0v) is 50.4. The molecule has 7 aliphatic rings. The molecule has 10 atom stereocenters. The lowest BCUT2D eigenvalue weighted by Gasteiger charge is -2.38. The van der Waals surface area contributed by atoms with E-state index in [0.29, 0.717) is 44.5 Å². The van der Waals surface area contributed by atoms with E-state index in [0.717, 1.165) is 38.2 Å². The van der Waals surface area contributed by atoms with E-state index in [-0.39, 0.29) is 84.1 Å². The molecule has 11 rings (SSSR count). The van der Waals surface area contributed by atoms with Gasteiger partial charge >= 0.3 is 17.7 Å². The highest BCUT2D eigenvalue weighted by molar-refractivity contribution is 6.38. The van der Waals surface area contributed by atoms with E-state index in [1.54, 1.807) is 49.4 Å². The van der Waals surface area contributed by atoms with E-state index in [1.807, 2.05) is 4.90 Å². The van der Waals surface area contributed by atoms with Crippen LogP contribution in [0.4, 0.5) is 15.8 Å². The summed E-state index contributed by atoms with van der Waals surface area (Å²) in [5, 5.41) is 82.1. The summed E-state index contributed by atoms with van der Waals surface area (Å²) in [6, 6.07) is 1.15. The number of phenols is 3. The van der Waals surface area contributed by atoms with E-state index >= 15 is 4.39 Å². The number of halogens is 2. The Bertz CT molecular complexity index is 3610. The van der Waals surface area contributed by atoms with E-state index < -0.39 is 112 Å². The first kappa shape index (κ1) is 61.8. The number of Topliss-reactive ketones (excluding diaryl/α,β-unsaturated/α-hetero) is 1. The molecule has 5 aliphatic heterocycles. The minimum Gasteiger partial charge on any atom is -0.507 e. The van der Waals surface area contributed by atoms with Crippen molar-refractivity contribution in [2.24, 2.45) is 34.7 Å². The SMILES string of the molecule is CO[C@H]1/C=C/O[C@@]2(C)Oc3c(C)c(O)c4c(O)c(c(/C=N/N5CCC(NC6(C7CCN(c8c(F)cc9c(=O)c(C(=O)O)cn(C%10CC%10)c9c8Cl)C7)CC6)CC5)c(O)c4c3C2=O)NC(=O)/C(C)=C\C=C\[C@H](C)[C@H](O)[C@@H](C)[C@@H](O)[C@@H](C)[C@H](OC(C)=O)[C@@H]1C. The number of benzene rings is 3. The van der Waals surface area contributed by atoms with Crippen molar-refractivity contribution in [3.63, 3.8) is 0 Å². The molecular formula is C63H76ClFN6O15. The van der Waals surface area contributed by atoms with Gasteiger partial charge in [-0.25, -0.2) is 9.18 Å². The van der Waals surface area contributed by atoms with Crippen molar-refractivity contribution in [1.29, 1.82) is 0 Å². The topological polar surface area (TPSA) is 291 Å². The molecule has 1 unspecified atom stereocenters. The van der Waals surface area contributed by atoms with Gasteiger partial charge in [0.25, 0.3) is 11.7 Å². The Hall–Kier alpha value is -7.24. The van der Waals surface area contributed by atoms with Crippen LogP contribution in [-0.2, 0) is 23.8 Å². The lowest BCUT2D eigenvalue weighted by molar-refractivity contribution is -0.160. The molecule has 2 saturated carbocycles. The number of esters is 1. The number of aromatic hydroxyl groups is 3. The van der Waals surface area contributed by atoms with Crippen LogP contribution in [-0.4, -0.2) is 145 Å². The summed E-state index contributed by atoms with van der Waals surface area (Å²) in [7, 11) is 1.42. The maximum absolute atomic E-state index is 16.1. The lowest BCUT2D eigenvalue weighted by atomic mass is 9.78. The number of nitrogens with one attached hydrogen (secondary N) is 2. The third-order valence-corrected chi connectivity index (χ3v) is 19.1. The number of ether oxygens (including phenoxy) is 4. The van der Waals surface area contributed by atoms with E-state index in [9.17, 15) is 54.6 Å². The molecule has 462 valence electrons. The number of amides is 1. The summed E-state index contributed by atoms with van der Waals surface area (Å²) in [6.07, 6.45) is 11.4. The summed E-state index contributed by atoms with van der Waals surface area (Å²) in [4.78, 5) is 68.6. The van der Waals surface area contributed by atoms with Crippen molar-refractivity contribution in [2.45, 2.75) is 148 Å². The third kappa shape index (κ3) is 11.3. The molecule has 0 radical (unpaired) electrons. The predicted octanol–water partition coefficient (Wildman–Crippen LogP) is 8.34. The molecule has 21 nitrogen and oxygen atoms in total. The summed E-state index contributed by atoms with van der Waals surface area (Å²) in [6.45, 7) is 14.4. The van der Waals surface area contributed by atoms with Gasteiger partial charge in [0.05, 0.1) is 74.6 Å². The van der Waals surface area contributed by atoms with Gasteiger partial charge in [0.1, 0.15) is 34.7 Å². The van der Waals surface area contributed by atoms with Crippen molar-refractivity contribution < 1.29 is 73.2 Å². The number of hydrazone groups is 1. The number of methoxy groups -OCH3 is 1. The molecule has 5 bridgehead atoms. The number of aliphatic hydroxyl groups is 2. The van der Waals surface area contributed by atoms with E-state index in [4.69, 9.17) is 35.6 Å². The van der Waals surface area contributed by atoms with Crippen molar-refractivity contribution in [2.75, 3.05) is 43.5 Å². The maximum atomic E-state index is 16.1.